The van der Waals surface area contributed by atoms with E-state index in [0.717, 1.165) is 4.90 Å². The Morgan fingerprint density at radius 2 is 1.71 bits per heavy atom. The van der Waals surface area contributed by atoms with Gasteiger partial charge < -0.3 is 10.2 Å². The highest BCUT2D eigenvalue weighted by Crippen LogP contribution is 2.28. The van der Waals surface area contributed by atoms with Crippen LogP contribution in [0.3, 0.4) is 0 Å². The quantitative estimate of drug-likeness (QED) is 0.604. The van der Waals surface area contributed by atoms with Crippen LogP contribution in [0.25, 0.3) is 16.7 Å². The maximum atomic E-state index is 14.7. The summed E-state index contributed by atoms with van der Waals surface area (Å²) >= 11 is 0. The van der Waals surface area contributed by atoms with Crippen LogP contribution in [0.2, 0.25) is 0 Å². The van der Waals surface area contributed by atoms with Crippen LogP contribution in [0.1, 0.15) is 16.8 Å². The van der Waals surface area contributed by atoms with Gasteiger partial charge in [-0.25, -0.2) is 27.3 Å². The second kappa shape index (κ2) is 7.16. The second-order valence-electron chi connectivity index (χ2n) is 6.79. The molecule has 4 rings (SSSR count). The number of anilines is 1. The van der Waals surface area contributed by atoms with Crippen molar-refractivity contribution in [1.82, 2.24) is 9.55 Å². The van der Waals surface area contributed by atoms with E-state index in [1.165, 1.54) is 0 Å². The number of aromatic nitrogens is 2. The maximum absolute atomic E-state index is 14.7. The number of carbonyl (C=O) groups excluding carboxylic acids is 1. The maximum Gasteiger partial charge on any atom is 0.341 e. The Hall–Kier alpha value is -3.80. The zero-order chi connectivity index (χ0) is 22.6. The first-order valence-electron chi connectivity index (χ1n) is 8.71. The number of nitrogens with zero attached hydrogens (tertiary/aromatic N) is 3. The summed E-state index contributed by atoms with van der Waals surface area (Å²) in [5.74, 6) is -8.41. The molecule has 1 saturated heterocycles. The number of hydrogen-bond acceptors (Lipinski definition) is 5. The van der Waals surface area contributed by atoms with Crippen molar-refractivity contribution in [1.29, 1.82) is 0 Å². The molecule has 0 saturated carbocycles. The van der Waals surface area contributed by atoms with Gasteiger partial charge in [-0.3, -0.25) is 19.1 Å². The molecule has 0 spiro atoms. The molecule has 1 fully saturated rings. The fraction of sp³-hybridized carbons (Fsp3) is 0.158. The number of carboxylic acids is 1. The summed E-state index contributed by atoms with van der Waals surface area (Å²) in [6.45, 7) is -0.315. The van der Waals surface area contributed by atoms with Crippen LogP contribution in [0.15, 0.2) is 29.2 Å². The molecule has 1 atom stereocenters. The number of hydrogen-bond donors (Lipinski definition) is 2. The lowest BCUT2D eigenvalue weighted by atomic mass is 10.1. The fourth-order valence-electron chi connectivity index (χ4n) is 3.38. The predicted molar refractivity (Wildman–Crippen MR) is 97.1 cm³/mol. The highest BCUT2D eigenvalue weighted by Gasteiger charge is 2.33. The Labute approximate surface area is 169 Å². The van der Waals surface area contributed by atoms with Gasteiger partial charge in [0, 0.05) is 18.3 Å². The van der Waals surface area contributed by atoms with E-state index in [1.807, 2.05) is 0 Å². The zero-order valence-corrected chi connectivity index (χ0v) is 15.3. The normalized spacial score (nSPS) is 16.4. The van der Waals surface area contributed by atoms with E-state index < -0.39 is 74.8 Å². The van der Waals surface area contributed by atoms with Crippen molar-refractivity contribution in [3.63, 3.8) is 0 Å². The van der Waals surface area contributed by atoms with E-state index in [4.69, 9.17) is 0 Å². The highest BCUT2D eigenvalue weighted by molar-refractivity contribution is 5.97. The molecule has 3 aromatic rings. The summed E-state index contributed by atoms with van der Waals surface area (Å²) in [6, 6.07) is 1.24. The van der Waals surface area contributed by atoms with Gasteiger partial charge in [-0.05, 0) is 6.07 Å². The van der Waals surface area contributed by atoms with Crippen molar-refractivity contribution in [2.45, 2.75) is 12.5 Å². The second-order valence-corrected chi connectivity index (χ2v) is 6.79. The number of pyridine rings is 2. The lowest BCUT2D eigenvalue weighted by molar-refractivity contribution is -0.117. The van der Waals surface area contributed by atoms with Crippen LogP contribution >= 0.6 is 0 Å². The lowest BCUT2D eigenvalue weighted by Gasteiger charge is -2.18. The molecule has 0 unspecified atom stereocenters. The first-order chi connectivity index (χ1) is 14.6. The zero-order valence-electron chi connectivity index (χ0n) is 15.3. The van der Waals surface area contributed by atoms with E-state index in [0.29, 0.717) is 29.0 Å². The smallest absolute Gasteiger partial charge is 0.341 e. The molecular formula is C19H11F4N3O5. The highest BCUT2D eigenvalue weighted by atomic mass is 19.1. The number of aliphatic hydroxyl groups excluding tert-OH is 1. The van der Waals surface area contributed by atoms with Gasteiger partial charge >= 0.3 is 5.97 Å². The third kappa shape index (κ3) is 3.30. The lowest BCUT2D eigenvalue weighted by Crippen LogP contribution is -2.28. The molecule has 0 aliphatic carbocycles. The molecule has 1 aliphatic heterocycles. The Morgan fingerprint density at radius 3 is 2.26 bits per heavy atom. The first kappa shape index (κ1) is 20.5. The van der Waals surface area contributed by atoms with Crippen molar-refractivity contribution in [3.8, 4) is 5.69 Å². The van der Waals surface area contributed by atoms with Crippen LogP contribution in [-0.4, -0.2) is 44.3 Å². The van der Waals surface area contributed by atoms with Crippen LogP contribution in [0.4, 0.5) is 23.4 Å². The molecule has 160 valence electrons. The number of aliphatic hydroxyl groups is 1. The van der Waals surface area contributed by atoms with Gasteiger partial charge in [-0.1, -0.05) is 0 Å². The molecule has 2 N–H and O–H groups in total. The summed E-state index contributed by atoms with van der Waals surface area (Å²) in [7, 11) is 0. The SMILES string of the molecule is O=C(O)c1cn(-c2c(F)cc(F)cc2F)c2nc(N3C[C@@H](O)CC3=O)c(F)cc2c1=O. The van der Waals surface area contributed by atoms with Crippen molar-refractivity contribution in [3.05, 3.63) is 63.5 Å². The number of amides is 1. The van der Waals surface area contributed by atoms with Gasteiger partial charge in [-0.2, -0.15) is 0 Å². The molecule has 0 radical (unpaired) electrons. The van der Waals surface area contributed by atoms with Crippen LogP contribution < -0.4 is 10.3 Å². The van der Waals surface area contributed by atoms with Gasteiger partial charge in [0.05, 0.1) is 24.5 Å². The van der Waals surface area contributed by atoms with Crippen molar-refractivity contribution >= 4 is 28.7 Å². The minimum atomic E-state index is -1.76. The monoisotopic (exact) mass is 437 g/mol. The Morgan fingerprint density at radius 1 is 1.06 bits per heavy atom. The molecule has 2 aromatic heterocycles. The number of rotatable bonds is 3. The van der Waals surface area contributed by atoms with Gasteiger partial charge in [0.25, 0.3) is 0 Å². The summed E-state index contributed by atoms with van der Waals surface area (Å²) < 4.78 is 57.4. The Kier molecular flexibility index (Phi) is 4.73. The molecule has 3 heterocycles. The van der Waals surface area contributed by atoms with Crippen molar-refractivity contribution < 1.29 is 37.4 Å². The van der Waals surface area contributed by atoms with E-state index in [2.05, 4.69) is 4.98 Å². The topological polar surface area (TPSA) is 113 Å². The van der Waals surface area contributed by atoms with E-state index in [9.17, 15) is 42.2 Å². The number of β-amino-alcohol motifs (C(OH)–C–C–N with tert-alkyl or cyclic N) is 1. The van der Waals surface area contributed by atoms with Gasteiger partial charge in [0.15, 0.2) is 28.9 Å². The molecule has 31 heavy (non-hydrogen) atoms. The number of carboxylic acid groups (broad SMARTS) is 1. The standard InChI is InChI=1S/C19H11F4N3O5/c20-7-1-11(21)15(12(22)2-7)26-6-10(19(30)31)16(29)9-4-13(23)18(24-17(9)26)25-5-8(27)3-14(25)28/h1-2,4,6,8,27H,3,5H2,(H,30,31)/t8-/m0/s1. The minimum absolute atomic E-state index is 0.314. The van der Waals surface area contributed by atoms with Gasteiger partial charge in [-0.15, -0.1) is 0 Å². The number of aromatic carboxylic acids is 1. The fourth-order valence-corrected chi connectivity index (χ4v) is 3.38. The number of fused-ring (bicyclic) bond motifs is 1. The average molecular weight is 437 g/mol. The number of benzene rings is 1. The molecule has 1 aromatic carbocycles. The van der Waals surface area contributed by atoms with Gasteiger partial charge in [0.1, 0.15) is 17.1 Å². The van der Waals surface area contributed by atoms with Crippen molar-refractivity contribution in [2.24, 2.45) is 0 Å². The largest absolute Gasteiger partial charge is 0.477 e. The molecule has 12 heteroatoms. The third-order valence-corrected chi connectivity index (χ3v) is 4.73. The third-order valence-electron chi connectivity index (χ3n) is 4.73. The van der Waals surface area contributed by atoms with Crippen LogP contribution in [0, 0.1) is 23.3 Å². The van der Waals surface area contributed by atoms with E-state index in [1.54, 1.807) is 0 Å². The molecular weight excluding hydrogens is 426 g/mol. The Bertz CT molecular complexity index is 1320. The Balaban J connectivity index is 2.11. The minimum Gasteiger partial charge on any atom is -0.477 e. The molecule has 0 bridgehead atoms. The van der Waals surface area contributed by atoms with Gasteiger partial charge in [0.2, 0.25) is 11.3 Å². The van der Waals surface area contributed by atoms with Crippen LogP contribution in [0.5, 0.6) is 0 Å². The van der Waals surface area contributed by atoms with E-state index >= 15 is 0 Å². The summed E-state index contributed by atoms with van der Waals surface area (Å²) in [5.41, 5.74) is -3.68. The first-order valence-corrected chi connectivity index (χ1v) is 8.71. The number of halogens is 4. The molecule has 8 nitrogen and oxygen atoms in total. The van der Waals surface area contributed by atoms with E-state index in [-0.39, 0.29) is 13.0 Å². The molecule has 1 aliphatic rings. The number of carbonyl (C=O) groups is 2. The average Bonchev–Trinajstić information content (AvgIpc) is 3.00. The predicted octanol–water partition coefficient (Wildman–Crippen LogP) is 1.74. The van der Waals surface area contributed by atoms with Crippen molar-refractivity contribution in [2.75, 3.05) is 11.4 Å². The van der Waals surface area contributed by atoms with Crippen LogP contribution in [-0.2, 0) is 4.79 Å². The molecule has 1 amide bonds. The summed E-state index contributed by atoms with van der Waals surface area (Å²) in [5, 5.41) is 18.3. The summed E-state index contributed by atoms with van der Waals surface area (Å²) in [4.78, 5) is 40.6. The summed E-state index contributed by atoms with van der Waals surface area (Å²) in [6.07, 6.45) is -0.847.